The van der Waals surface area contributed by atoms with Crippen LogP contribution in [0.25, 0.3) is 0 Å². The number of benzene rings is 1. The molecule has 0 bridgehead atoms. The van der Waals surface area contributed by atoms with Crippen molar-refractivity contribution in [3.8, 4) is 0 Å². The summed E-state index contributed by atoms with van der Waals surface area (Å²) in [6.07, 6.45) is 0. The maximum Gasteiger partial charge on any atom is 0.339 e. The van der Waals surface area contributed by atoms with Crippen molar-refractivity contribution in [3.63, 3.8) is 0 Å². The molecule has 0 fully saturated rings. The summed E-state index contributed by atoms with van der Waals surface area (Å²) in [5.74, 6) is -1.86. The van der Waals surface area contributed by atoms with Crippen LogP contribution in [0.3, 0.4) is 0 Å². The van der Waals surface area contributed by atoms with E-state index < -0.39 is 46.1 Å². The fraction of sp³-hybridized carbons (Fsp3) is 0.500. The molecule has 10 heteroatoms. The first kappa shape index (κ1) is 21.0. The second-order valence-electron chi connectivity index (χ2n) is 6.84. The van der Waals surface area contributed by atoms with Gasteiger partial charge in [0.2, 0.25) is 11.1 Å². The van der Waals surface area contributed by atoms with Gasteiger partial charge in [0.1, 0.15) is 0 Å². The van der Waals surface area contributed by atoms with Gasteiger partial charge in [0.15, 0.2) is 13.2 Å². The van der Waals surface area contributed by atoms with Gasteiger partial charge >= 0.3 is 11.9 Å². The molecule has 0 N–H and O–H groups in total. The lowest BCUT2D eigenvalue weighted by atomic mass is 10.1. The number of hydrogen-bond donors (Lipinski definition) is 0. The molecule has 1 aromatic rings. The molecule has 0 heterocycles. The van der Waals surface area contributed by atoms with Crippen molar-refractivity contribution in [2.24, 2.45) is 0 Å². The maximum atomic E-state index is 12.2. The highest BCUT2D eigenvalue weighted by Crippen LogP contribution is 2.16. The van der Waals surface area contributed by atoms with Crippen LogP contribution >= 0.6 is 0 Å². The fourth-order valence-electron chi connectivity index (χ4n) is 1.58. The Bertz CT molecular complexity index is 666. The zero-order valence-electron chi connectivity index (χ0n) is 14.9. The molecule has 0 unspecified atom stereocenters. The summed E-state index contributed by atoms with van der Waals surface area (Å²) >= 11 is 0. The third kappa shape index (κ3) is 5.23. The number of nitrogens with zero attached hydrogens (tertiary/aromatic N) is 2. The Balaban J connectivity index is 2.90. The van der Waals surface area contributed by atoms with Gasteiger partial charge in [-0.15, -0.1) is 0 Å². The second-order valence-corrected chi connectivity index (χ2v) is 6.84. The lowest BCUT2D eigenvalue weighted by Gasteiger charge is -2.17. The van der Waals surface area contributed by atoms with Gasteiger partial charge in [-0.25, -0.2) is 9.59 Å². The van der Waals surface area contributed by atoms with Gasteiger partial charge in [-0.2, -0.15) is 0 Å². The summed E-state index contributed by atoms with van der Waals surface area (Å²) in [6, 6.07) is 5.56. The van der Waals surface area contributed by atoms with Crippen molar-refractivity contribution in [2.45, 2.75) is 38.8 Å². The van der Waals surface area contributed by atoms with E-state index in [9.17, 15) is 29.8 Å². The molecule has 0 aliphatic carbocycles. The summed E-state index contributed by atoms with van der Waals surface area (Å²) in [5, 5.41) is 21.7. The topological polar surface area (TPSA) is 139 Å². The molecule has 142 valence electrons. The summed E-state index contributed by atoms with van der Waals surface area (Å²) in [5.41, 5.74) is -3.26. The Morgan fingerprint density at radius 3 is 1.42 bits per heavy atom. The van der Waals surface area contributed by atoms with E-state index in [1.165, 1.54) is 52.0 Å². The molecule has 0 saturated carbocycles. The van der Waals surface area contributed by atoms with Crippen molar-refractivity contribution in [1.29, 1.82) is 0 Å². The van der Waals surface area contributed by atoms with E-state index in [1.807, 2.05) is 0 Å². The van der Waals surface area contributed by atoms with E-state index in [0.717, 1.165) is 0 Å². The molecule has 0 saturated heterocycles. The van der Waals surface area contributed by atoms with Crippen LogP contribution in [-0.4, -0.2) is 46.1 Å². The van der Waals surface area contributed by atoms with Crippen LogP contribution in [0.1, 0.15) is 48.4 Å². The van der Waals surface area contributed by atoms with Crippen LogP contribution in [0.2, 0.25) is 0 Å². The molecule has 0 aromatic heterocycles. The highest BCUT2D eigenvalue weighted by Gasteiger charge is 2.35. The Morgan fingerprint density at radius 1 is 0.846 bits per heavy atom. The van der Waals surface area contributed by atoms with Crippen molar-refractivity contribution in [2.75, 3.05) is 13.2 Å². The fourth-order valence-corrected chi connectivity index (χ4v) is 1.58. The smallest absolute Gasteiger partial charge is 0.339 e. The van der Waals surface area contributed by atoms with Gasteiger partial charge in [-0.05, 0) is 12.1 Å². The third-order valence-electron chi connectivity index (χ3n) is 3.47. The minimum atomic E-state index is -1.49. The minimum Gasteiger partial charge on any atom is -0.454 e. The standard InChI is InChI=1S/C16H20N2O8/c1-15(2,17(21)22)9-25-13(19)11-7-5-6-8-12(11)14(20)26-10-16(3,4)18(23)24/h5-8H,9-10H2,1-4H3. The van der Waals surface area contributed by atoms with Crippen molar-refractivity contribution in [1.82, 2.24) is 0 Å². The van der Waals surface area contributed by atoms with Crippen LogP contribution in [-0.2, 0) is 9.47 Å². The number of hydrogen-bond acceptors (Lipinski definition) is 8. The van der Waals surface area contributed by atoms with Gasteiger partial charge in [0.05, 0.1) is 11.1 Å². The molecule has 26 heavy (non-hydrogen) atoms. The van der Waals surface area contributed by atoms with Gasteiger partial charge in [0.25, 0.3) is 0 Å². The highest BCUT2D eigenvalue weighted by molar-refractivity contribution is 6.03. The Labute approximate surface area is 149 Å². The first-order valence-electron chi connectivity index (χ1n) is 7.61. The van der Waals surface area contributed by atoms with Gasteiger partial charge in [0, 0.05) is 37.5 Å². The molecule has 0 aliphatic heterocycles. The average molecular weight is 368 g/mol. The molecule has 0 amide bonds. The Kier molecular flexibility index (Phi) is 6.38. The van der Waals surface area contributed by atoms with Gasteiger partial charge in [-0.3, -0.25) is 20.2 Å². The van der Waals surface area contributed by atoms with Crippen LogP contribution in [0, 0.1) is 20.2 Å². The number of esters is 2. The van der Waals surface area contributed by atoms with Gasteiger partial charge in [-0.1, -0.05) is 12.1 Å². The normalized spacial score (nSPS) is 11.5. The molecule has 0 spiro atoms. The summed E-state index contributed by atoms with van der Waals surface area (Å²) in [7, 11) is 0. The molecule has 10 nitrogen and oxygen atoms in total. The number of carbonyl (C=O) groups excluding carboxylic acids is 2. The quantitative estimate of drug-likeness (QED) is 0.386. The summed E-state index contributed by atoms with van der Waals surface area (Å²) in [4.78, 5) is 44.9. The summed E-state index contributed by atoms with van der Waals surface area (Å²) in [6.45, 7) is 4.19. The van der Waals surface area contributed by atoms with E-state index in [-0.39, 0.29) is 11.1 Å². The molecular formula is C16H20N2O8. The average Bonchev–Trinajstić information content (AvgIpc) is 2.57. The largest absolute Gasteiger partial charge is 0.454 e. The van der Waals surface area contributed by atoms with E-state index in [4.69, 9.17) is 9.47 Å². The Hall–Kier alpha value is -3.04. The molecule has 0 aliphatic rings. The van der Waals surface area contributed by atoms with Crippen molar-refractivity contribution < 1.29 is 28.9 Å². The number of carbonyl (C=O) groups is 2. The van der Waals surface area contributed by atoms with Crippen molar-refractivity contribution >= 4 is 11.9 Å². The van der Waals surface area contributed by atoms with Crippen LogP contribution < -0.4 is 0 Å². The highest BCUT2D eigenvalue weighted by atomic mass is 16.6. The molecule has 1 aromatic carbocycles. The SMILES string of the molecule is CC(C)(COC(=O)c1ccccc1C(=O)OCC(C)(C)[N+](=O)[O-])[N+](=O)[O-]. The van der Waals surface area contributed by atoms with E-state index >= 15 is 0 Å². The van der Waals surface area contributed by atoms with Crippen LogP contribution in [0.4, 0.5) is 0 Å². The zero-order valence-corrected chi connectivity index (χ0v) is 14.9. The predicted molar refractivity (Wildman–Crippen MR) is 89.2 cm³/mol. The van der Waals surface area contributed by atoms with Crippen molar-refractivity contribution in [3.05, 3.63) is 55.6 Å². The van der Waals surface area contributed by atoms with E-state index in [1.54, 1.807) is 0 Å². The third-order valence-corrected chi connectivity index (χ3v) is 3.47. The molecular weight excluding hydrogens is 348 g/mol. The molecule has 0 atom stereocenters. The molecule has 0 radical (unpaired) electrons. The first-order valence-corrected chi connectivity index (χ1v) is 7.61. The predicted octanol–water partition coefficient (Wildman–Crippen LogP) is 2.11. The van der Waals surface area contributed by atoms with E-state index in [2.05, 4.69) is 0 Å². The minimum absolute atomic E-state index is 0.143. The number of rotatable bonds is 8. The maximum absolute atomic E-state index is 12.2. The lowest BCUT2D eigenvalue weighted by molar-refractivity contribution is -0.563. The number of nitro groups is 2. The Morgan fingerprint density at radius 2 is 1.15 bits per heavy atom. The van der Waals surface area contributed by atoms with Crippen LogP contribution in [0.15, 0.2) is 24.3 Å². The monoisotopic (exact) mass is 368 g/mol. The summed E-state index contributed by atoms with van der Waals surface area (Å²) < 4.78 is 9.86. The molecule has 1 rings (SSSR count). The zero-order chi connectivity index (χ0) is 20.1. The van der Waals surface area contributed by atoms with E-state index in [0.29, 0.717) is 0 Å². The second kappa shape index (κ2) is 7.89. The number of ether oxygens (including phenoxy) is 2. The first-order chi connectivity index (χ1) is 11.9. The van der Waals surface area contributed by atoms with Gasteiger partial charge < -0.3 is 9.47 Å². The lowest BCUT2D eigenvalue weighted by Crippen LogP contribution is -2.38. The van der Waals surface area contributed by atoms with Crippen LogP contribution in [0.5, 0.6) is 0 Å².